The van der Waals surface area contributed by atoms with Crippen molar-refractivity contribution in [3.63, 3.8) is 0 Å². The second-order valence-electron chi connectivity index (χ2n) is 2.93. The molecule has 0 aliphatic carbocycles. The Bertz CT molecular complexity index is 232. The molecular formula is C7H12N2O5. The van der Waals surface area contributed by atoms with E-state index < -0.39 is 30.7 Å². The number of carboxylic acids is 1. The standard InChI is InChI=1S/C7H12N2O5/c10-5-3-14-2-4(5)9-7(13)8-1-6(11)12/h4-5,10H,1-3H2,(H,11,12)(H2,8,9,13)/t4-,5-/m1/s1. The quantitative estimate of drug-likeness (QED) is 0.430. The number of hydrogen-bond donors (Lipinski definition) is 4. The van der Waals surface area contributed by atoms with Gasteiger partial charge in [0.2, 0.25) is 0 Å². The largest absolute Gasteiger partial charge is 0.480 e. The second-order valence-corrected chi connectivity index (χ2v) is 2.93. The van der Waals surface area contributed by atoms with Crippen LogP contribution in [0, 0.1) is 0 Å². The molecule has 0 aromatic heterocycles. The van der Waals surface area contributed by atoms with Gasteiger partial charge < -0.3 is 25.6 Å². The van der Waals surface area contributed by atoms with Crippen molar-refractivity contribution in [2.75, 3.05) is 19.8 Å². The molecule has 4 N–H and O–H groups in total. The molecule has 80 valence electrons. The highest BCUT2D eigenvalue weighted by Gasteiger charge is 2.27. The molecule has 0 spiro atoms. The highest BCUT2D eigenvalue weighted by Crippen LogP contribution is 2.04. The number of amides is 2. The van der Waals surface area contributed by atoms with Crippen LogP contribution in [0.4, 0.5) is 4.79 Å². The second kappa shape index (κ2) is 4.77. The molecule has 7 heteroatoms. The van der Waals surface area contributed by atoms with E-state index in [-0.39, 0.29) is 13.2 Å². The molecule has 1 saturated heterocycles. The number of ether oxygens (including phenoxy) is 1. The summed E-state index contributed by atoms with van der Waals surface area (Å²) in [6, 6.07) is -1.09. The van der Waals surface area contributed by atoms with Crippen molar-refractivity contribution in [1.82, 2.24) is 10.6 Å². The molecule has 0 bridgehead atoms. The van der Waals surface area contributed by atoms with Crippen molar-refractivity contribution in [2.24, 2.45) is 0 Å². The molecular weight excluding hydrogens is 192 g/mol. The SMILES string of the molecule is O=C(O)CNC(=O)N[C@@H]1COC[C@H]1O. The lowest BCUT2D eigenvalue weighted by atomic mass is 10.2. The summed E-state index contributed by atoms with van der Waals surface area (Å²) in [6.45, 7) is -0.0267. The zero-order valence-electron chi connectivity index (χ0n) is 7.40. The Balaban J connectivity index is 2.22. The maximum atomic E-state index is 11.0. The van der Waals surface area contributed by atoms with Crippen molar-refractivity contribution in [3.8, 4) is 0 Å². The number of aliphatic hydroxyl groups is 1. The van der Waals surface area contributed by atoms with Crippen molar-refractivity contribution >= 4 is 12.0 Å². The Hall–Kier alpha value is -1.34. The van der Waals surface area contributed by atoms with Crippen molar-refractivity contribution in [3.05, 3.63) is 0 Å². The average Bonchev–Trinajstić information content (AvgIpc) is 2.49. The fraction of sp³-hybridized carbons (Fsp3) is 0.714. The number of urea groups is 1. The van der Waals surface area contributed by atoms with Gasteiger partial charge in [0.05, 0.1) is 25.4 Å². The van der Waals surface area contributed by atoms with Gasteiger partial charge in [-0.2, -0.15) is 0 Å². The van der Waals surface area contributed by atoms with Crippen LogP contribution in [-0.4, -0.2) is 54.1 Å². The lowest BCUT2D eigenvalue weighted by molar-refractivity contribution is -0.135. The number of nitrogens with one attached hydrogen (secondary N) is 2. The number of carbonyl (C=O) groups excluding carboxylic acids is 1. The molecule has 1 aliphatic rings. The minimum atomic E-state index is -1.12. The lowest BCUT2D eigenvalue weighted by Crippen LogP contribution is -2.48. The predicted molar refractivity (Wildman–Crippen MR) is 44.8 cm³/mol. The predicted octanol–water partition coefficient (Wildman–Crippen LogP) is -1.87. The Morgan fingerprint density at radius 3 is 2.64 bits per heavy atom. The van der Waals surface area contributed by atoms with E-state index in [0.29, 0.717) is 0 Å². The van der Waals surface area contributed by atoms with E-state index >= 15 is 0 Å². The van der Waals surface area contributed by atoms with Gasteiger partial charge >= 0.3 is 12.0 Å². The van der Waals surface area contributed by atoms with Crippen LogP contribution >= 0.6 is 0 Å². The number of hydrogen-bond acceptors (Lipinski definition) is 4. The third-order valence-corrected chi connectivity index (χ3v) is 1.77. The molecule has 2 atom stereocenters. The maximum Gasteiger partial charge on any atom is 0.323 e. The van der Waals surface area contributed by atoms with Crippen LogP contribution in [-0.2, 0) is 9.53 Å². The smallest absolute Gasteiger partial charge is 0.323 e. The first-order chi connectivity index (χ1) is 6.59. The van der Waals surface area contributed by atoms with Gasteiger partial charge in [-0.3, -0.25) is 4.79 Å². The van der Waals surface area contributed by atoms with E-state index in [9.17, 15) is 14.7 Å². The van der Waals surface area contributed by atoms with Gasteiger partial charge in [0.1, 0.15) is 6.54 Å². The van der Waals surface area contributed by atoms with Crippen LogP contribution in [0.2, 0.25) is 0 Å². The molecule has 0 aromatic rings. The van der Waals surface area contributed by atoms with Crippen LogP contribution in [0.5, 0.6) is 0 Å². The summed E-state index contributed by atoms with van der Waals surface area (Å²) in [5, 5.41) is 22.0. The Morgan fingerprint density at radius 2 is 2.14 bits per heavy atom. The van der Waals surface area contributed by atoms with Gasteiger partial charge in [0, 0.05) is 0 Å². The fourth-order valence-corrected chi connectivity index (χ4v) is 1.06. The van der Waals surface area contributed by atoms with Gasteiger partial charge in [0.15, 0.2) is 0 Å². The molecule has 1 rings (SSSR count). The molecule has 0 saturated carbocycles. The minimum absolute atomic E-state index is 0.184. The van der Waals surface area contributed by atoms with Gasteiger partial charge in [-0.15, -0.1) is 0 Å². The van der Waals surface area contributed by atoms with Gasteiger partial charge in [0.25, 0.3) is 0 Å². The van der Waals surface area contributed by atoms with Crippen molar-refractivity contribution in [1.29, 1.82) is 0 Å². The van der Waals surface area contributed by atoms with Crippen LogP contribution in [0.25, 0.3) is 0 Å². The van der Waals surface area contributed by atoms with Crippen molar-refractivity contribution < 1.29 is 24.5 Å². The van der Waals surface area contributed by atoms with Crippen LogP contribution in [0.1, 0.15) is 0 Å². The first-order valence-electron chi connectivity index (χ1n) is 4.11. The number of carbonyl (C=O) groups is 2. The average molecular weight is 204 g/mol. The van der Waals surface area contributed by atoms with Crippen LogP contribution < -0.4 is 10.6 Å². The first kappa shape index (κ1) is 10.7. The third kappa shape index (κ3) is 3.19. The molecule has 0 radical (unpaired) electrons. The normalized spacial score (nSPS) is 25.8. The van der Waals surface area contributed by atoms with Gasteiger partial charge in [-0.25, -0.2) is 4.79 Å². The molecule has 1 aliphatic heterocycles. The summed E-state index contributed by atoms with van der Waals surface area (Å²) in [6.07, 6.45) is -0.731. The zero-order chi connectivity index (χ0) is 10.6. The molecule has 0 aromatic carbocycles. The van der Waals surface area contributed by atoms with Crippen molar-refractivity contribution in [2.45, 2.75) is 12.1 Å². The molecule has 0 unspecified atom stereocenters. The number of aliphatic carboxylic acids is 1. The lowest BCUT2D eigenvalue weighted by Gasteiger charge is -2.14. The Kier molecular flexibility index (Phi) is 3.66. The van der Waals surface area contributed by atoms with Crippen LogP contribution in [0.3, 0.4) is 0 Å². The van der Waals surface area contributed by atoms with E-state index in [4.69, 9.17) is 9.84 Å². The van der Waals surface area contributed by atoms with E-state index in [1.165, 1.54) is 0 Å². The fourth-order valence-electron chi connectivity index (χ4n) is 1.06. The molecule has 14 heavy (non-hydrogen) atoms. The number of rotatable bonds is 3. The maximum absolute atomic E-state index is 11.0. The summed E-state index contributed by atoms with van der Waals surface area (Å²) in [5.41, 5.74) is 0. The van der Waals surface area contributed by atoms with Crippen LogP contribution in [0.15, 0.2) is 0 Å². The van der Waals surface area contributed by atoms with E-state index in [0.717, 1.165) is 0 Å². The Labute approximate surface area is 80.0 Å². The first-order valence-corrected chi connectivity index (χ1v) is 4.11. The number of aliphatic hydroxyl groups excluding tert-OH is 1. The molecule has 1 fully saturated rings. The molecule has 2 amide bonds. The van der Waals surface area contributed by atoms with Gasteiger partial charge in [-0.1, -0.05) is 0 Å². The summed E-state index contributed by atoms with van der Waals surface area (Å²) < 4.78 is 4.89. The summed E-state index contributed by atoms with van der Waals surface area (Å²) in [5.74, 6) is -1.12. The molecule has 1 heterocycles. The number of carboxylic acid groups (broad SMARTS) is 1. The highest BCUT2D eigenvalue weighted by molar-refractivity contribution is 5.80. The topological polar surface area (TPSA) is 108 Å². The summed E-state index contributed by atoms with van der Waals surface area (Å²) >= 11 is 0. The Morgan fingerprint density at radius 1 is 1.43 bits per heavy atom. The van der Waals surface area contributed by atoms with E-state index in [1.54, 1.807) is 0 Å². The summed E-state index contributed by atoms with van der Waals surface area (Å²) in [7, 11) is 0. The summed E-state index contributed by atoms with van der Waals surface area (Å²) in [4.78, 5) is 21.1. The third-order valence-electron chi connectivity index (χ3n) is 1.77. The van der Waals surface area contributed by atoms with E-state index in [1.807, 2.05) is 0 Å². The molecule has 7 nitrogen and oxygen atoms in total. The monoisotopic (exact) mass is 204 g/mol. The zero-order valence-corrected chi connectivity index (χ0v) is 7.40. The minimum Gasteiger partial charge on any atom is -0.480 e. The van der Waals surface area contributed by atoms with E-state index in [2.05, 4.69) is 10.6 Å². The van der Waals surface area contributed by atoms with Gasteiger partial charge in [-0.05, 0) is 0 Å². The highest BCUT2D eigenvalue weighted by atomic mass is 16.5.